The van der Waals surface area contributed by atoms with Gasteiger partial charge in [-0.3, -0.25) is 4.79 Å². The number of hydrogen-bond acceptors (Lipinski definition) is 5. The van der Waals surface area contributed by atoms with Gasteiger partial charge in [0, 0.05) is 5.56 Å². The van der Waals surface area contributed by atoms with E-state index in [4.69, 9.17) is 26.2 Å². The van der Waals surface area contributed by atoms with Crippen molar-refractivity contribution in [3.8, 4) is 11.5 Å². The molecule has 0 fully saturated rings. The van der Waals surface area contributed by atoms with E-state index in [9.17, 15) is 9.59 Å². The number of nitrogens with one attached hydrogen (secondary N) is 1. The number of amides is 1. The van der Waals surface area contributed by atoms with E-state index in [2.05, 4.69) is 5.32 Å². The van der Waals surface area contributed by atoms with Crippen molar-refractivity contribution in [2.45, 2.75) is 12.5 Å². The van der Waals surface area contributed by atoms with Crippen LogP contribution in [0, 0.1) is 0 Å². The van der Waals surface area contributed by atoms with Crippen LogP contribution in [0.25, 0.3) is 0 Å². The molecule has 1 aliphatic rings. The standard InChI is InChI=1S/C13H14ClNO5S/c1-21-3-2-9(13(17)18)15-12(16)7-4-8(14)11-10(5-7)19-6-20-11/h4-5,9H,2-3,6H2,1H3,(H,15,16)(H,17,18). The third-order valence-corrected chi connectivity index (χ3v) is 3.83. The van der Waals surface area contributed by atoms with Crippen molar-refractivity contribution in [1.82, 2.24) is 5.32 Å². The summed E-state index contributed by atoms with van der Waals surface area (Å²) >= 11 is 7.51. The van der Waals surface area contributed by atoms with Gasteiger partial charge in [0.25, 0.3) is 5.91 Å². The molecule has 1 aromatic rings. The number of thioether (sulfide) groups is 1. The molecule has 0 saturated carbocycles. The van der Waals surface area contributed by atoms with Gasteiger partial charge in [-0.05, 0) is 30.6 Å². The van der Waals surface area contributed by atoms with Crippen molar-refractivity contribution in [3.05, 3.63) is 22.7 Å². The van der Waals surface area contributed by atoms with E-state index in [1.807, 2.05) is 6.26 Å². The molecule has 114 valence electrons. The molecule has 0 bridgehead atoms. The van der Waals surface area contributed by atoms with Gasteiger partial charge in [-0.25, -0.2) is 4.79 Å². The van der Waals surface area contributed by atoms with Crippen LogP contribution < -0.4 is 14.8 Å². The molecular weight excluding hydrogens is 318 g/mol. The second kappa shape index (κ2) is 6.91. The summed E-state index contributed by atoms with van der Waals surface area (Å²) in [6.45, 7) is 0.0472. The van der Waals surface area contributed by atoms with Crippen LogP contribution >= 0.6 is 23.4 Å². The molecular formula is C13H14ClNO5S. The predicted molar refractivity (Wildman–Crippen MR) is 79.5 cm³/mol. The van der Waals surface area contributed by atoms with Gasteiger partial charge in [0.1, 0.15) is 6.04 Å². The third kappa shape index (κ3) is 3.74. The van der Waals surface area contributed by atoms with Crippen molar-refractivity contribution in [1.29, 1.82) is 0 Å². The van der Waals surface area contributed by atoms with Crippen LogP contribution in [-0.4, -0.2) is 41.8 Å². The highest BCUT2D eigenvalue weighted by molar-refractivity contribution is 7.98. The van der Waals surface area contributed by atoms with Crippen LogP contribution in [0.2, 0.25) is 5.02 Å². The minimum atomic E-state index is -1.07. The summed E-state index contributed by atoms with van der Waals surface area (Å²) in [6, 6.07) is 1.98. The Morgan fingerprint density at radius 2 is 2.24 bits per heavy atom. The van der Waals surface area contributed by atoms with Gasteiger partial charge >= 0.3 is 5.97 Å². The highest BCUT2D eigenvalue weighted by Gasteiger charge is 2.24. The second-order valence-corrected chi connectivity index (χ2v) is 5.73. The lowest BCUT2D eigenvalue weighted by Gasteiger charge is -2.14. The Labute approximate surface area is 130 Å². The highest BCUT2D eigenvalue weighted by Crippen LogP contribution is 2.39. The number of halogens is 1. The molecule has 6 nitrogen and oxygen atoms in total. The lowest BCUT2D eigenvalue weighted by Crippen LogP contribution is -2.41. The molecule has 8 heteroatoms. The summed E-state index contributed by atoms with van der Waals surface area (Å²) in [5, 5.41) is 11.8. The van der Waals surface area contributed by atoms with Gasteiger partial charge in [0.15, 0.2) is 11.5 Å². The third-order valence-electron chi connectivity index (χ3n) is 2.90. The molecule has 0 radical (unpaired) electrons. The zero-order chi connectivity index (χ0) is 15.4. The average Bonchev–Trinajstić information content (AvgIpc) is 2.91. The predicted octanol–water partition coefficient (Wildman–Crippen LogP) is 2.00. The molecule has 1 amide bonds. The molecule has 2 rings (SSSR count). The zero-order valence-electron chi connectivity index (χ0n) is 11.2. The van der Waals surface area contributed by atoms with Gasteiger partial charge in [-0.1, -0.05) is 11.6 Å². The molecule has 21 heavy (non-hydrogen) atoms. The van der Waals surface area contributed by atoms with E-state index in [0.29, 0.717) is 23.7 Å². The number of carbonyl (C=O) groups excluding carboxylic acids is 1. The summed E-state index contributed by atoms with van der Waals surface area (Å²) in [5.41, 5.74) is 0.236. The molecule has 1 atom stereocenters. The number of hydrogen-bond donors (Lipinski definition) is 2. The number of rotatable bonds is 6. The molecule has 1 heterocycles. The second-order valence-electron chi connectivity index (χ2n) is 4.34. The Kier molecular flexibility index (Phi) is 5.19. The minimum Gasteiger partial charge on any atom is -0.480 e. The van der Waals surface area contributed by atoms with E-state index in [1.165, 1.54) is 23.9 Å². The Bertz CT molecular complexity index is 566. The maximum absolute atomic E-state index is 12.1. The highest BCUT2D eigenvalue weighted by atomic mass is 35.5. The van der Waals surface area contributed by atoms with Crippen molar-refractivity contribution in [3.63, 3.8) is 0 Å². The maximum atomic E-state index is 12.1. The summed E-state index contributed by atoms with van der Waals surface area (Å²) in [5.74, 6) is -0.166. The van der Waals surface area contributed by atoms with Crippen LogP contribution in [0.1, 0.15) is 16.8 Å². The lowest BCUT2D eigenvalue weighted by molar-refractivity contribution is -0.139. The number of aliphatic carboxylic acids is 1. The summed E-state index contributed by atoms with van der Waals surface area (Å²) in [4.78, 5) is 23.3. The van der Waals surface area contributed by atoms with Crippen molar-refractivity contribution < 1.29 is 24.2 Å². The molecule has 0 aliphatic carbocycles. The van der Waals surface area contributed by atoms with Crippen molar-refractivity contribution >= 4 is 35.2 Å². The first-order valence-electron chi connectivity index (χ1n) is 6.14. The molecule has 1 aromatic carbocycles. The van der Waals surface area contributed by atoms with Gasteiger partial charge in [-0.15, -0.1) is 0 Å². The Morgan fingerprint density at radius 1 is 1.48 bits per heavy atom. The fourth-order valence-corrected chi connectivity index (χ4v) is 2.57. The SMILES string of the molecule is CSCCC(NC(=O)c1cc(Cl)c2c(c1)OCO2)C(=O)O. The maximum Gasteiger partial charge on any atom is 0.326 e. The Hall–Kier alpha value is -1.60. The summed E-state index contributed by atoms with van der Waals surface area (Å²) in [7, 11) is 0. The molecule has 2 N–H and O–H groups in total. The van der Waals surface area contributed by atoms with E-state index >= 15 is 0 Å². The van der Waals surface area contributed by atoms with Crippen molar-refractivity contribution in [2.75, 3.05) is 18.8 Å². The number of carboxylic acid groups (broad SMARTS) is 1. The number of carboxylic acids is 1. The first-order chi connectivity index (χ1) is 10.0. The quantitative estimate of drug-likeness (QED) is 0.829. The fraction of sp³-hybridized carbons (Fsp3) is 0.385. The number of carbonyl (C=O) groups is 2. The number of ether oxygens (including phenoxy) is 2. The van der Waals surface area contributed by atoms with E-state index in [0.717, 1.165) is 0 Å². The van der Waals surface area contributed by atoms with E-state index in [-0.39, 0.29) is 17.4 Å². The van der Waals surface area contributed by atoms with Gasteiger partial charge < -0.3 is 19.9 Å². The molecule has 1 unspecified atom stereocenters. The molecule has 0 aromatic heterocycles. The number of fused-ring (bicyclic) bond motifs is 1. The molecule has 1 aliphatic heterocycles. The number of benzene rings is 1. The largest absolute Gasteiger partial charge is 0.480 e. The molecule has 0 spiro atoms. The normalized spacial score (nSPS) is 13.8. The van der Waals surface area contributed by atoms with Crippen LogP contribution in [0.4, 0.5) is 0 Å². The smallest absolute Gasteiger partial charge is 0.326 e. The summed E-state index contributed by atoms with van der Waals surface area (Å²) in [6.07, 6.45) is 2.22. The minimum absolute atomic E-state index is 0.0472. The first kappa shape index (κ1) is 15.8. The van der Waals surface area contributed by atoms with Crippen LogP contribution in [0.3, 0.4) is 0 Å². The van der Waals surface area contributed by atoms with E-state index in [1.54, 1.807) is 0 Å². The average molecular weight is 332 g/mol. The first-order valence-corrected chi connectivity index (χ1v) is 7.92. The van der Waals surface area contributed by atoms with Crippen LogP contribution in [-0.2, 0) is 4.79 Å². The van der Waals surface area contributed by atoms with Crippen LogP contribution in [0.15, 0.2) is 12.1 Å². The van der Waals surface area contributed by atoms with Crippen molar-refractivity contribution in [2.24, 2.45) is 0 Å². The monoisotopic (exact) mass is 331 g/mol. The molecule has 0 saturated heterocycles. The van der Waals surface area contributed by atoms with Gasteiger partial charge in [0.2, 0.25) is 6.79 Å². The van der Waals surface area contributed by atoms with Crippen LogP contribution in [0.5, 0.6) is 11.5 Å². The van der Waals surface area contributed by atoms with E-state index < -0.39 is 17.9 Å². The summed E-state index contributed by atoms with van der Waals surface area (Å²) < 4.78 is 10.3. The van der Waals surface area contributed by atoms with Gasteiger partial charge in [0.05, 0.1) is 5.02 Å². The Morgan fingerprint density at radius 3 is 2.90 bits per heavy atom. The Balaban J connectivity index is 2.12. The fourth-order valence-electron chi connectivity index (χ4n) is 1.83. The van der Waals surface area contributed by atoms with Gasteiger partial charge in [-0.2, -0.15) is 11.8 Å². The topological polar surface area (TPSA) is 84.9 Å². The zero-order valence-corrected chi connectivity index (χ0v) is 12.8. The lowest BCUT2D eigenvalue weighted by atomic mass is 10.1.